The van der Waals surface area contributed by atoms with Gasteiger partial charge in [-0.3, -0.25) is 0 Å². The maximum atomic E-state index is 13.0. The molecule has 1 heterocycles. The van der Waals surface area contributed by atoms with E-state index in [-0.39, 0.29) is 33.8 Å². The number of hydrogen-bond donors (Lipinski definition) is 2. The SMILES string of the molecule is Oc1cccc(O)c1-c1nc(-c2ccc(F)cc2Cl)no1. The minimum Gasteiger partial charge on any atom is -0.507 e. The molecule has 0 unspecified atom stereocenters. The van der Waals surface area contributed by atoms with Gasteiger partial charge in [0.05, 0.1) is 5.02 Å². The molecule has 0 aliphatic rings. The molecule has 1 aromatic heterocycles. The van der Waals surface area contributed by atoms with Crippen LogP contribution in [-0.2, 0) is 0 Å². The zero-order valence-corrected chi connectivity index (χ0v) is 11.2. The van der Waals surface area contributed by atoms with Gasteiger partial charge in [0.25, 0.3) is 5.89 Å². The van der Waals surface area contributed by atoms with Gasteiger partial charge < -0.3 is 14.7 Å². The van der Waals surface area contributed by atoms with E-state index < -0.39 is 5.82 Å². The molecule has 0 radical (unpaired) electrons. The van der Waals surface area contributed by atoms with Crippen molar-refractivity contribution in [3.63, 3.8) is 0 Å². The lowest BCUT2D eigenvalue weighted by Crippen LogP contribution is -1.85. The highest BCUT2D eigenvalue weighted by atomic mass is 35.5. The first-order chi connectivity index (χ1) is 10.1. The third-order valence-corrected chi connectivity index (χ3v) is 3.15. The monoisotopic (exact) mass is 306 g/mol. The minimum absolute atomic E-state index is 0.0227. The van der Waals surface area contributed by atoms with Gasteiger partial charge in [0.2, 0.25) is 5.82 Å². The quantitative estimate of drug-likeness (QED) is 0.756. The standard InChI is InChI=1S/C14H8ClFN2O3/c15-9-6-7(16)4-5-8(9)13-17-14(21-18-13)12-10(19)2-1-3-11(12)20/h1-6,19-20H. The second-order valence-electron chi connectivity index (χ2n) is 4.22. The number of aromatic hydroxyl groups is 2. The molecule has 0 bridgehead atoms. The summed E-state index contributed by atoms with van der Waals surface area (Å²) in [5, 5.41) is 23.4. The molecular weight excluding hydrogens is 299 g/mol. The van der Waals surface area contributed by atoms with Crippen LogP contribution in [0.15, 0.2) is 40.9 Å². The predicted molar refractivity (Wildman–Crippen MR) is 73.5 cm³/mol. The molecule has 7 heteroatoms. The molecule has 3 aromatic rings. The average molecular weight is 307 g/mol. The van der Waals surface area contributed by atoms with Crippen molar-refractivity contribution in [3.05, 3.63) is 47.2 Å². The molecule has 0 aliphatic carbocycles. The molecule has 0 aliphatic heterocycles. The highest BCUT2D eigenvalue weighted by Crippen LogP contribution is 2.37. The molecule has 3 rings (SSSR count). The van der Waals surface area contributed by atoms with Crippen LogP contribution in [0, 0.1) is 5.82 Å². The zero-order chi connectivity index (χ0) is 15.0. The molecule has 0 spiro atoms. The highest BCUT2D eigenvalue weighted by Gasteiger charge is 2.19. The molecule has 0 saturated carbocycles. The smallest absolute Gasteiger partial charge is 0.265 e. The van der Waals surface area contributed by atoms with Gasteiger partial charge >= 0.3 is 0 Å². The first-order valence-electron chi connectivity index (χ1n) is 5.86. The Hall–Kier alpha value is -2.60. The highest BCUT2D eigenvalue weighted by molar-refractivity contribution is 6.33. The van der Waals surface area contributed by atoms with Crippen LogP contribution in [0.25, 0.3) is 22.8 Å². The summed E-state index contributed by atoms with van der Waals surface area (Å²) in [5.41, 5.74) is 0.400. The topological polar surface area (TPSA) is 79.4 Å². The van der Waals surface area contributed by atoms with Crippen LogP contribution in [0.5, 0.6) is 11.5 Å². The number of nitrogens with zero attached hydrogens (tertiary/aromatic N) is 2. The van der Waals surface area contributed by atoms with Crippen molar-refractivity contribution in [3.8, 4) is 34.3 Å². The summed E-state index contributed by atoms with van der Waals surface area (Å²) in [6.45, 7) is 0. The lowest BCUT2D eigenvalue weighted by molar-refractivity contribution is 0.416. The fourth-order valence-corrected chi connectivity index (χ4v) is 2.10. The van der Waals surface area contributed by atoms with Gasteiger partial charge in [-0.05, 0) is 30.3 Å². The van der Waals surface area contributed by atoms with Crippen LogP contribution in [-0.4, -0.2) is 20.4 Å². The Morgan fingerprint density at radius 1 is 1.10 bits per heavy atom. The first-order valence-corrected chi connectivity index (χ1v) is 6.24. The molecule has 2 aromatic carbocycles. The van der Waals surface area contributed by atoms with E-state index in [4.69, 9.17) is 16.1 Å². The summed E-state index contributed by atoms with van der Waals surface area (Å²) < 4.78 is 18.0. The molecule has 5 nitrogen and oxygen atoms in total. The summed E-state index contributed by atoms with van der Waals surface area (Å²) in [7, 11) is 0. The molecule has 0 fully saturated rings. The van der Waals surface area contributed by atoms with Gasteiger partial charge in [0.15, 0.2) is 0 Å². The summed E-state index contributed by atoms with van der Waals surface area (Å²) in [6.07, 6.45) is 0. The Labute approximate surface area is 123 Å². The summed E-state index contributed by atoms with van der Waals surface area (Å²) in [4.78, 5) is 4.06. The van der Waals surface area contributed by atoms with Crippen LogP contribution in [0.3, 0.4) is 0 Å². The van der Waals surface area contributed by atoms with E-state index in [0.29, 0.717) is 5.56 Å². The van der Waals surface area contributed by atoms with Gasteiger partial charge in [0.1, 0.15) is 22.9 Å². The van der Waals surface area contributed by atoms with E-state index in [1.54, 1.807) is 0 Å². The molecule has 0 atom stereocenters. The van der Waals surface area contributed by atoms with Crippen molar-refractivity contribution in [1.82, 2.24) is 10.1 Å². The summed E-state index contributed by atoms with van der Waals surface area (Å²) >= 11 is 5.92. The summed E-state index contributed by atoms with van der Waals surface area (Å²) in [5.74, 6) is -0.824. The Bertz CT molecular complexity index is 799. The van der Waals surface area contributed by atoms with E-state index in [1.807, 2.05) is 0 Å². The summed E-state index contributed by atoms with van der Waals surface area (Å²) in [6, 6.07) is 7.99. The Morgan fingerprint density at radius 3 is 2.48 bits per heavy atom. The third kappa shape index (κ3) is 2.41. The second kappa shape index (κ2) is 5.06. The number of benzene rings is 2. The van der Waals surface area contributed by atoms with E-state index in [9.17, 15) is 14.6 Å². The minimum atomic E-state index is -0.481. The third-order valence-electron chi connectivity index (χ3n) is 2.83. The molecule has 0 saturated heterocycles. The first kappa shape index (κ1) is 13.4. The van der Waals surface area contributed by atoms with E-state index >= 15 is 0 Å². The van der Waals surface area contributed by atoms with Crippen LogP contribution >= 0.6 is 11.6 Å². The van der Waals surface area contributed by atoms with Gasteiger partial charge in [-0.15, -0.1) is 0 Å². The molecule has 106 valence electrons. The lowest BCUT2D eigenvalue weighted by Gasteiger charge is -2.01. The Kier molecular flexibility index (Phi) is 3.23. The average Bonchev–Trinajstić information content (AvgIpc) is 2.87. The van der Waals surface area contributed by atoms with Crippen LogP contribution < -0.4 is 0 Å². The fourth-order valence-electron chi connectivity index (χ4n) is 1.85. The number of phenols is 2. The van der Waals surface area contributed by atoms with Crippen molar-refractivity contribution in [1.29, 1.82) is 0 Å². The van der Waals surface area contributed by atoms with Crippen LogP contribution in [0.2, 0.25) is 5.02 Å². The normalized spacial score (nSPS) is 10.8. The maximum Gasteiger partial charge on any atom is 0.265 e. The number of phenolic OH excluding ortho intramolecular Hbond substituents is 2. The van der Waals surface area contributed by atoms with Gasteiger partial charge in [-0.25, -0.2) is 4.39 Å². The van der Waals surface area contributed by atoms with Crippen LogP contribution in [0.1, 0.15) is 0 Å². The van der Waals surface area contributed by atoms with E-state index in [2.05, 4.69) is 10.1 Å². The Morgan fingerprint density at radius 2 is 1.81 bits per heavy atom. The number of hydrogen-bond acceptors (Lipinski definition) is 5. The molecule has 21 heavy (non-hydrogen) atoms. The van der Waals surface area contributed by atoms with Crippen molar-refractivity contribution in [2.75, 3.05) is 0 Å². The van der Waals surface area contributed by atoms with Crippen molar-refractivity contribution in [2.24, 2.45) is 0 Å². The zero-order valence-electron chi connectivity index (χ0n) is 10.4. The molecular formula is C14H8ClFN2O3. The van der Waals surface area contributed by atoms with Gasteiger partial charge in [0, 0.05) is 5.56 Å². The number of rotatable bonds is 2. The van der Waals surface area contributed by atoms with Crippen molar-refractivity contribution in [2.45, 2.75) is 0 Å². The predicted octanol–water partition coefficient (Wildman–Crippen LogP) is 3.61. The second-order valence-corrected chi connectivity index (χ2v) is 4.63. The lowest BCUT2D eigenvalue weighted by atomic mass is 10.1. The van der Waals surface area contributed by atoms with Crippen LogP contribution in [0.4, 0.5) is 4.39 Å². The number of halogens is 2. The van der Waals surface area contributed by atoms with Crippen molar-refractivity contribution >= 4 is 11.6 Å². The molecule has 2 N–H and O–H groups in total. The van der Waals surface area contributed by atoms with Crippen molar-refractivity contribution < 1.29 is 19.1 Å². The van der Waals surface area contributed by atoms with Gasteiger partial charge in [-0.1, -0.05) is 22.8 Å². The molecule has 0 amide bonds. The fraction of sp³-hybridized carbons (Fsp3) is 0. The largest absolute Gasteiger partial charge is 0.507 e. The van der Waals surface area contributed by atoms with E-state index in [1.165, 1.54) is 30.3 Å². The van der Waals surface area contributed by atoms with E-state index in [0.717, 1.165) is 6.07 Å². The Balaban J connectivity index is 2.08. The number of aromatic nitrogens is 2. The van der Waals surface area contributed by atoms with Gasteiger partial charge in [-0.2, -0.15) is 4.98 Å². The maximum absolute atomic E-state index is 13.0.